The number of amides is 2. The lowest BCUT2D eigenvalue weighted by molar-refractivity contribution is -0.151. The second kappa shape index (κ2) is 6.53. The third kappa shape index (κ3) is 2.46. The maximum absolute atomic E-state index is 14.5. The number of fused-ring (bicyclic) bond motifs is 1. The molecule has 2 fully saturated rings. The van der Waals surface area contributed by atoms with Gasteiger partial charge in [0.2, 0.25) is 11.8 Å². The van der Waals surface area contributed by atoms with Crippen molar-refractivity contribution in [1.29, 1.82) is 0 Å². The van der Waals surface area contributed by atoms with Crippen molar-refractivity contribution in [3.05, 3.63) is 66.0 Å². The number of ether oxygens (including phenoxy) is 1. The van der Waals surface area contributed by atoms with Crippen molar-refractivity contribution in [1.82, 2.24) is 5.32 Å². The molecule has 0 saturated carbocycles. The summed E-state index contributed by atoms with van der Waals surface area (Å²) in [5, 5.41) is 3.03. The molecule has 2 aromatic rings. The van der Waals surface area contributed by atoms with Crippen molar-refractivity contribution in [2.75, 3.05) is 12.0 Å². The molecular weight excluding hydrogens is 363 g/mol. The molecule has 0 bridgehead atoms. The van der Waals surface area contributed by atoms with E-state index < -0.39 is 47.0 Å². The number of anilines is 1. The van der Waals surface area contributed by atoms with Gasteiger partial charge < -0.3 is 4.74 Å². The number of nitrogens with one attached hydrogen (secondary N) is 1. The average molecular weight is 382 g/mol. The Hall–Kier alpha value is -3.06. The highest BCUT2D eigenvalue weighted by molar-refractivity contribution is 6.24. The number of halogens is 1. The highest BCUT2D eigenvalue weighted by Gasteiger charge is 2.67. The predicted molar refractivity (Wildman–Crippen MR) is 98.6 cm³/mol. The third-order valence-electron chi connectivity index (χ3n) is 5.65. The summed E-state index contributed by atoms with van der Waals surface area (Å²) in [7, 11) is 1.22. The molecule has 2 heterocycles. The molecule has 2 saturated heterocycles. The molecule has 2 aliphatic heterocycles. The smallest absolute Gasteiger partial charge is 0.326 e. The number of hydrogen-bond donors (Lipinski definition) is 1. The number of methoxy groups -OCH3 is 1. The number of imide groups is 1. The van der Waals surface area contributed by atoms with E-state index in [4.69, 9.17) is 4.74 Å². The van der Waals surface area contributed by atoms with E-state index in [0.29, 0.717) is 5.69 Å². The van der Waals surface area contributed by atoms with E-state index in [9.17, 15) is 18.8 Å². The van der Waals surface area contributed by atoms with E-state index in [0.717, 1.165) is 4.90 Å². The molecule has 4 rings (SSSR count). The Morgan fingerprint density at radius 3 is 2.36 bits per heavy atom. The fourth-order valence-corrected chi connectivity index (χ4v) is 4.36. The number of nitrogens with zero attached hydrogens (tertiary/aromatic N) is 1. The summed E-state index contributed by atoms with van der Waals surface area (Å²) in [5.74, 6) is -4.07. The third-order valence-corrected chi connectivity index (χ3v) is 5.65. The zero-order valence-electron chi connectivity index (χ0n) is 15.4. The second-order valence-corrected chi connectivity index (χ2v) is 7.19. The normalized spacial score (nSPS) is 29.1. The van der Waals surface area contributed by atoms with Crippen LogP contribution in [0.2, 0.25) is 0 Å². The zero-order chi connectivity index (χ0) is 20.1. The van der Waals surface area contributed by atoms with Gasteiger partial charge in [-0.1, -0.05) is 36.4 Å². The second-order valence-electron chi connectivity index (χ2n) is 7.19. The van der Waals surface area contributed by atoms with E-state index in [2.05, 4.69) is 5.32 Å². The summed E-state index contributed by atoms with van der Waals surface area (Å²) in [6.07, 6.45) is 0. The number of benzene rings is 2. The molecule has 144 valence electrons. The number of carbonyl (C=O) groups is 3. The molecule has 0 aliphatic carbocycles. The summed E-state index contributed by atoms with van der Waals surface area (Å²) in [6, 6.07) is 13.7. The minimum Gasteiger partial charge on any atom is -0.468 e. The van der Waals surface area contributed by atoms with Gasteiger partial charge in [0, 0.05) is 11.6 Å². The number of para-hydroxylation sites is 1. The first kappa shape index (κ1) is 18.3. The van der Waals surface area contributed by atoms with Crippen LogP contribution in [-0.4, -0.2) is 30.4 Å². The summed E-state index contributed by atoms with van der Waals surface area (Å²) in [6.45, 7) is 1.52. The van der Waals surface area contributed by atoms with Crippen molar-refractivity contribution in [3.63, 3.8) is 0 Å². The van der Waals surface area contributed by atoms with E-state index in [1.54, 1.807) is 48.5 Å². The molecule has 2 aliphatic rings. The Morgan fingerprint density at radius 1 is 1.07 bits per heavy atom. The van der Waals surface area contributed by atoms with Crippen LogP contribution in [0.5, 0.6) is 0 Å². The maximum Gasteiger partial charge on any atom is 0.326 e. The molecule has 0 aromatic heterocycles. The maximum atomic E-state index is 14.5. The molecule has 0 spiro atoms. The molecule has 2 amide bonds. The molecule has 7 heteroatoms. The summed E-state index contributed by atoms with van der Waals surface area (Å²) in [5.41, 5.74) is -0.796. The quantitative estimate of drug-likeness (QED) is 0.651. The van der Waals surface area contributed by atoms with Gasteiger partial charge in [0.1, 0.15) is 11.4 Å². The van der Waals surface area contributed by atoms with Gasteiger partial charge in [-0.05, 0) is 25.1 Å². The highest BCUT2D eigenvalue weighted by atomic mass is 19.1. The largest absolute Gasteiger partial charge is 0.468 e. The van der Waals surface area contributed by atoms with Crippen molar-refractivity contribution in [3.8, 4) is 0 Å². The topological polar surface area (TPSA) is 75.7 Å². The van der Waals surface area contributed by atoms with Gasteiger partial charge in [-0.2, -0.15) is 0 Å². The standard InChI is InChI=1S/C21H19FN2O4/c1-21(20(27)28-2)16-15(17(23-21)13-10-6-7-11-14(13)22)18(25)24(19(16)26)12-8-4-3-5-9-12/h3-11,15-17,23H,1-2H3/t15-,16+,17-,21+/m0/s1. The van der Waals surface area contributed by atoms with Crippen molar-refractivity contribution < 1.29 is 23.5 Å². The summed E-state index contributed by atoms with van der Waals surface area (Å²) in [4.78, 5) is 40.2. The first-order chi connectivity index (χ1) is 13.4. The van der Waals surface area contributed by atoms with E-state index in [-0.39, 0.29) is 5.56 Å². The lowest BCUT2D eigenvalue weighted by atomic mass is 9.80. The zero-order valence-corrected chi connectivity index (χ0v) is 15.4. The van der Waals surface area contributed by atoms with Gasteiger partial charge in [-0.3, -0.25) is 19.7 Å². The Morgan fingerprint density at radius 2 is 1.71 bits per heavy atom. The molecule has 0 unspecified atom stereocenters. The van der Waals surface area contributed by atoms with Crippen LogP contribution in [0, 0.1) is 17.7 Å². The molecular formula is C21H19FN2O4. The number of esters is 1. The highest BCUT2D eigenvalue weighted by Crippen LogP contribution is 2.50. The van der Waals surface area contributed by atoms with Crippen molar-refractivity contribution >= 4 is 23.5 Å². The first-order valence-electron chi connectivity index (χ1n) is 8.93. The van der Waals surface area contributed by atoms with Crippen LogP contribution in [-0.2, 0) is 19.1 Å². The van der Waals surface area contributed by atoms with Crippen LogP contribution < -0.4 is 10.2 Å². The minimum atomic E-state index is -1.46. The molecule has 1 N–H and O–H groups in total. The lowest BCUT2D eigenvalue weighted by Gasteiger charge is -2.28. The van der Waals surface area contributed by atoms with Gasteiger partial charge in [0.15, 0.2) is 0 Å². The average Bonchev–Trinajstić information content (AvgIpc) is 3.16. The van der Waals surface area contributed by atoms with Gasteiger partial charge in [-0.15, -0.1) is 0 Å². The monoisotopic (exact) mass is 382 g/mol. The van der Waals surface area contributed by atoms with Crippen LogP contribution in [0.1, 0.15) is 18.5 Å². The Kier molecular flexibility index (Phi) is 4.27. The predicted octanol–water partition coefficient (Wildman–Crippen LogP) is 2.21. The Labute approximate surface area is 161 Å². The molecule has 0 radical (unpaired) electrons. The Balaban J connectivity index is 1.85. The minimum absolute atomic E-state index is 0.237. The molecule has 28 heavy (non-hydrogen) atoms. The molecule has 2 aromatic carbocycles. The van der Waals surface area contributed by atoms with Crippen LogP contribution in [0.3, 0.4) is 0 Å². The summed E-state index contributed by atoms with van der Waals surface area (Å²) < 4.78 is 19.4. The van der Waals surface area contributed by atoms with E-state index >= 15 is 0 Å². The fourth-order valence-electron chi connectivity index (χ4n) is 4.36. The SMILES string of the molecule is COC(=O)[C@]1(C)N[C@@H](c2ccccc2F)[C@H]2C(=O)N(c3ccccc3)C(=O)[C@@H]21. The van der Waals surface area contributed by atoms with E-state index in [1.165, 1.54) is 20.1 Å². The number of carbonyl (C=O) groups excluding carboxylic acids is 3. The Bertz CT molecular complexity index is 964. The molecule has 4 atom stereocenters. The first-order valence-corrected chi connectivity index (χ1v) is 8.93. The number of hydrogen-bond acceptors (Lipinski definition) is 5. The van der Waals surface area contributed by atoms with Gasteiger partial charge in [0.25, 0.3) is 0 Å². The van der Waals surface area contributed by atoms with Crippen LogP contribution in [0.15, 0.2) is 54.6 Å². The fraction of sp³-hybridized carbons (Fsp3) is 0.286. The lowest BCUT2D eigenvalue weighted by Crippen LogP contribution is -2.54. The van der Waals surface area contributed by atoms with Crippen molar-refractivity contribution in [2.45, 2.75) is 18.5 Å². The van der Waals surface area contributed by atoms with Gasteiger partial charge in [0.05, 0.1) is 24.6 Å². The van der Waals surface area contributed by atoms with Crippen LogP contribution >= 0.6 is 0 Å². The number of rotatable bonds is 3. The van der Waals surface area contributed by atoms with Crippen LogP contribution in [0.4, 0.5) is 10.1 Å². The van der Waals surface area contributed by atoms with Gasteiger partial charge >= 0.3 is 5.97 Å². The van der Waals surface area contributed by atoms with E-state index in [1.807, 2.05) is 0 Å². The van der Waals surface area contributed by atoms with Crippen molar-refractivity contribution in [2.24, 2.45) is 11.8 Å². The van der Waals surface area contributed by atoms with Gasteiger partial charge in [-0.25, -0.2) is 9.29 Å². The summed E-state index contributed by atoms with van der Waals surface area (Å²) >= 11 is 0. The van der Waals surface area contributed by atoms with Crippen LogP contribution in [0.25, 0.3) is 0 Å². The molecule has 6 nitrogen and oxygen atoms in total.